The number of hydrogen-bond donors (Lipinski definition) is 2. The van der Waals surface area contributed by atoms with Crippen LogP contribution in [0, 0.1) is 5.82 Å². The van der Waals surface area contributed by atoms with E-state index in [0.29, 0.717) is 5.56 Å². The van der Waals surface area contributed by atoms with Crippen LogP contribution < -0.4 is 10.2 Å². The predicted octanol–water partition coefficient (Wildman–Crippen LogP) is 3.89. The third-order valence-corrected chi connectivity index (χ3v) is 4.82. The molecule has 0 aromatic heterocycles. The summed E-state index contributed by atoms with van der Waals surface area (Å²) < 4.78 is 56.9. The highest BCUT2D eigenvalue weighted by molar-refractivity contribution is 6.30. The molecule has 3 rings (SSSR count). The Morgan fingerprint density at radius 3 is 2.68 bits per heavy atom. The Hall–Kier alpha value is -2.85. The molecular weight excluding hydrogens is 444 g/mol. The summed E-state index contributed by atoms with van der Waals surface area (Å²) in [5.41, 5.74) is -0.524. The second kappa shape index (κ2) is 8.72. The maximum absolute atomic E-state index is 13.3. The second-order valence-corrected chi connectivity index (χ2v) is 7.32. The van der Waals surface area contributed by atoms with E-state index < -0.39 is 35.3 Å². The third-order valence-electron chi connectivity index (χ3n) is 4.61. The molecule has 0 bridgehead atoms. The van der Waals surface area contributed by atoms with E-state index in [1.807, 2.05) is 0 Å². The Bertz CT molecular complexity index is 981. The molecular formula is C20H17ClF4N2O4. The number of carbonyl (C=O) groups is 2. The van der Waals surface area contributed by atoms with Crippen molar-refractivity contribution in [2.75, 3.05) is 18.0 Å². The molecule has 2 aromatic rings. The Morgan fingerprint density at radius 1 is 1.26 bits per heavy atom. The first-order valence-electron chi connectivity index (χ1n) is 9.11. The fourth-order valence-electron chi connectivity index (χ4n) is 3.13. The van der Waals surface area contributed by atoms with Crippen molar-refractivity contribution >= 4 is 29.3 Å². The van der Waals surface area contributed by atoms with Gasteiger partial charge in [0.05, 0.1) is 5.56 Å². The minimum absolute atomic E-state index is 0.000226. The summed E-state index contributed by atoms with van der Waals surface area (Å²) in [4.78, 5) is 25.4. The van der Waals surface area contributed by atoms with Crippen LogP contribution in [0.3, 0.4) is 0 Å². The van der Waals surface area contributed by atoms with E-state index in [-0.39, 0.29) is 36.6 Å². The molecule has 31 heavy (non-hydrogen) atoms. The van der Waals surface area contributed by atoms with Gasteiger partial charge in [-0.3, -0.25) is 4.79 Å². The lowest BCUT2D eigenvalue weighted by molar-refractivity contribution is -0.175. The summed E-state index contributed by atoms with van der Waals surface area (Å²) in [7, 11) is 0. The molecule has 1 atom stereocenters. The van der Waals surface area contributed by atoms with Crippen molar-refractivity contribution in [3.63, 3.8) is 0 Å². The molecule has 1 fully saturated rings. The lowest BCUT2D eigenvalue weighted by Gasteiger charge is -2.23. The van der Waals surface area contributed by atoms with E-state index >= 15 is 0 Å². The van der Waals surface area contributed by atoms with E-state index in [2.05, 4.69) is 5.32 Å². The number of hydrogen-bond acceptors (Lipinski definition) is 4. The number of halogens is 5. The highest BCUT2D eigenvalue weighted by Crippen LogP contribution is 2.34. The van der Waals surface area contributed by atoms with Gasteiger partial charge < -0.3 is 20.1 Å². The minimum atomic E-state index is -4.60. The number of amides is 2. The lowest BCUT2D eigenvalue weighted by Crippen LogP contribution is -2.46. The Balaban J connectivity index is 1.59. The van der Waals surface area contributed by atoms with Crippen molar-refractivity contribution in [2.45, 2.75) is 24.8 Å². The molecule has 166 valence electrons. The first-order chi connectivity index (χ1) is 14.5. The van der Waals surface area contributed by atoms with Crippen LogP contribution in [0.2, 0.25) is 5.02 Å². The fourth-order valence-corrected chi connectivity index (χ4v) is 3.37. The molecule has 2 aromatic carbocycles. The number of nitrogens with one attached hydrogen (secondary N) is 1. The number of aliphatic hydroxyl groups is 1. The van der Waals surface area contributed by atoms with Crippen LogP contribution in [0.4, 0.5) is 28.0 Å². The average molecular weight is 461 g/mol. The van der Waals surface area contributed by atoms with Crippen molar-refractivity contribution in [3.05, 3.63) is 64.4 Å². The normalized spacial score (nSPS) is 18.9. The SMILES string of the molecule is O=C(NCCc1cc(F)cc(Cl)c1)O[C@@]1(O)CCN(c2cccc(C(F)(F)F)c2)C1=O. The molecule has 0 saturated carbocycles. The number of rotatable bonds is 5. The number of alkyl halides is 3. The number of anilines is 1. The smallest absolute Gasteiger partial charge is 0.407 e. The lowest BCUT2D eigenvalue weighted by atomic mass is 10.1. The van der Waals surface area contributed by atoms with Crippen LogP contribution in [-0.2, 0) is 22.1 Å². The van der Waals surface area contributed by atoms with Gasteiger partial charge in [-0.2, -0.15) is 13.2 Å². The maximum Gasteiger partial charge on any atom is 0.416 e. The number of nitrogens with zero attached hydrogens (tertiary/aromatic N) is 1. The highest BCUT2D eigenvalue weighted by atomic mass is 35.5. The molecule has 0 radical (unpaired) electrons. The summed E-state index contributed by atoms with van der Waals surface area (Å²) in [6, 6.07) is 7.92. The molecule has 1 aliphatic rings. The molecule has 1 aliphatic heterocycles. The van der Waals surface area contributed by atoms with Gasteiger partial charge in [-0.15, -0.1) is 0 Å². The Kier molecular flexibility index (Phi) is 6.42. The van der Waals surface area contributed by atoms with E-state index in [1.54, 1.807) is 0 Å². The van der Waals surface area contributed by atoms with Gasteiger partial charge in [0.15, 0.2) is 0 Å². The number of alkyl carbamates (subject to hydrolysis) is 1. The summed E-state index contributed by atoms with van der Waals surface area (Å²) in [6.07, 6.45) is -5.83. The first kappa shape index (κ1) is 22.8. The van der Waals surface area contributed by atoms with Crippen LogP contribution in [0.25, 0.3) is 0 Å². The summed E-state index contributed by atoms with van der Waals surface area (Å²) in [5.74, 6) is -4.11. The van der Waals surface area contributed by atoms with Crippen molar-refractivity contribution in [2.24, 2.45) is 0 Å². The second-order valence-electron chi connectivity index (χ2n) is 6.88. The molecule has 11 heteroatoms. The first-order valence-corrected chi connectivity index (χ1v) is 9.49. The molecule has 2 amide bonds. The molecule has 1 heterocycles. The zero-order valence-electron chi connectivity index (χ0n) is 15.9. The molecule has 0 unspecified atom stereocenters. The Morgan fingerprint density at radius 2 is 2.00 bits per heavy atom. The number of ether oxygens (including phenoxy) is 1. The van der Waals surface area contributed by atoms with Gasteiger partial charge in [0, 0.05) is 30.2 Å². The third kappa shape index (κ3) is 5.45. The van der Waals surface area contributed by atoms with E-state index in [1.165, 1.54) is 18.2 Å². The summed E-state index contributed by atoms with van der Waals surface area (Å²) in [5, 5.41) is 12.9. The summed E-state index contributed by atoms with van der Waals surface area (Å²) in [6.45, 7) is -0.147. The molecule has 0 spiro atoms. The van der Waals surface area contributed by atoms with Crippen LogP contribution in [0.15, 0.2) is 42.5 Å². The molecule has 6 nitrogen and oxygen atoms in total. The predicted molar refractivity (Wildman–Crippen MR) is 103 cm³/mol. The van der Waals surface area contributed by atoms with Gasteiger partial charge in [0.25, 0.3) is 11.7 Å². The maximum atomic E-state index is 13.3. The van der Waals surface area contributed by atoms with Crippen LogP contribution in [-0.4, -0.2) is 36.0 Å². The minimum Gasteiger partial charge on any atom is -0.407 e. The highest BCUT2D eigenvalue weighted by Gasteiger charge is 2.49. The topological polar surface area (TPSA) is 78.9 Å². The monoisotopic (exact) mass is 460 g/mol. The zero-order valence-corrected chi connectivity index (χ0v) is 16.6. The quantitative estimate of drug-likeness (QED) is 0.524. The summed E-state index contributed by atoms with van der Waals surface area (Å²) >= 11 is 5.75. The van der Waals surface area contributed by atoms with E-state index in [9.17, 15) is 32.3 Å². The van der Waals surface area contributed by atoms with E-state index in [0.717, 1.165) is 29.2 Å². The van der Waals surface area contributed by atoms with Gasteiger partial charge >= 0.3 is 12.3 Å². The van der Waals surface area contributed by atoms with Gasteiger partial charge in [-0.1, -0.05) is 17.7 Å². The molecule has 0 aliphatic carbocycles. The standard InChI is InChI=1S/C20H17ClF4N2O4/c21-14-8-12(9-15(22)11-14)4-6-26-18(29)31-19(30)5-7-27(17(19)28)16-3-1-2-13(10-16)20(23,24)25/h1-3,8-11,30H,4-7H2,(H,26,29)/t19-/m0/s1. The average Bonchev–Trinajstić information content (AvgIpc) is 2.95. The number of benzene rings is 2. The van der Waals surface area contributed by atoms with Crippen molar-refractivity contribution in [3.8, 4) is 0 Å². The van der Waals surface area contributed by atoms with Crippen molar-refractivity contribution in [1.82, 2.24) is 5.32 Å². The van der Waals surface area contributed by atoms with Gasteiger partial charge in [0.1, 0.15) is 5.82 Å². The van der Waals surface area contributed by atoms with Gasteiger partial charge in [0.2, 0.25) is 0 Å². The molecule has 2 N–H and O–H groups in total. The van der Waals surface area contributed by atoms with Crippen molar-refractivity contribution < 1.29 is 37.0 Å². The van der Waals surface area contributed by atoms with Crippen LogP contribution in [0.5, 0.6) is 0 Å². The largest absolute Gasteiger partial charge is 0.416 e. The van der Waals surface area contributed by atoms with Gasteiger partial charge in [-0.05, 0) is 48.4 Å². The zero-order chi connectivity index (χ0) is 22.8. The van der Waals surface area contributed by atoms with Crippen LogP contribution >= 0.6 is 11.6 Å². The van der Waals surface area contributed by atoms with Crippen LogP contribution in [0.1, 0.15) is 17.5 Å². The Labute approximate surface area is 179 Å². The van der Waals surface area contributed by atoms with E-state index in [4.69, 9.17) is 16.3 Å². The number of carbonyl (C=O) groups excluding carboxylic acids is 2. The fraction of sp³-hybridized carbons (Fsp3) is 0.300. The van der Waals surface area contributed by atoms with Crippen molar-refractivity contribution in [1.29, 1.82) is 0 Å². The molecule has 1 saturated heterocycles. The van der Waals surface area contributed by atoms with Gasteiger partial charge in [-0.25, -0.2) is 9.18 Å².